The molecule has 2 rings (SSSR count). The Balaban J connectivity index is 2.04. The van der Waals surface area contributed by atoms with Gasteiger partial charge in [0.1, 0.15) is 24.4 Å². The van der Waals surface area contributed by atoms with Gasteiger partial charge in [0.2, 0.25) is 29.3 Å². The largest absolute Gasteiger partial charge is 0.508 e. The number of phenolic OH excluding ortho intramolecular Hbond substituents is 1. The Morgan fingerprint density at radius 1 is 0.695 bits per heavy atom. The number of aliphatic imine (C=N–C) groups is 2. The Morgan fingerprint density at radius 3 is 1.88 bits per heavy atom. The number of aldehydes is 2. The topological polar surface area (TPSA) is 341 Å². The molecule has 0 saturated heterocycles. The number of guanidine groups is 2. The van der Waals surface area contributed by atoms with Crippen LogP contribution in [0.4, 0.5) is 0 Å². The van der Waals surface area contributed by atoms with Gasteiger partial charge in [0.15, 0.2) is 11.9 Å². The van der Waals surface area contributed by atoms with Crippen LogP contribution in [-0.2, 0) is 46.4 Å². The average Bonchev–Trinajstić information content (AvgIpc) is 3.22. The lowest BCUT2D eigenvalue weighted by Crippen LogP contribution is -2.54. The third-order valence-electron chi connectivity index (χ3n) is 8.89. The van der Waals surface area contributed by atoms with Crippen LogP contribution in [0.2, 0.25) is 0 Å². The molecule has 0 saturated carbocycles. The van der Waals surface area contributed by atoms with Gasteiger partial charge in [-0.2, -0.15) is 0 Å². The van der Waals surface area contributed by atoms with Gasteiger partial charge in [-0.05, 0) is 68.7 Å². The molecule has 2 aromatic carbocycles. The molecule has 322 valence electrons. The summed E-state index contributed by atoms with van der Waals surface area (Å²) in [4.78, 5) is 97.3. The predicted octanol–water partition coefficient (Wildman–Crippen LogP) is -2.65. The number of rotatable bonds is 29. The van der Waals surface area contributed by atoms with Crippen molar-refractivity contribution < 1.29 is 38.7 Å². The van der Waals surface area contributed by atoms with Crippen LogP contribution < -0.4 is 55.1 Å². The highest BCUT2D eigenvalue weighted by Gasteiger charge is 2.29. The first kappa shape index (κ1) is 48.9. The number of amides is 3. The molecule has 0 aliphatic carbocycles. The monoisotopic (exact) mass is 822 g/mol. The van der Waals surface area contributed by atoms with Crippen LogP contribution in [0.15, 0.2) is 64.6 Å². The van der Waals surface area contributed by atoms with E-state index in [-0.39, 0.29) is 63.0 Å². The van der Waals surface area contributed by atoms with Gasteiger partial charge in [-0.3, -0.25) is 34.0 Å². The van der Waals surface area contributed by atoms with Crippen LogP contribution in [0.1, 0.15) is 50.7 Å². The number of nitrogens with two attached hydrogens (primary N) is 4. The zero-order valence-electron chi connectivity index (χ0n) is 33.4. The van der Waals surface area contributed by atoms with Gasteiger partial charge in [0.25, 0.3) is 0 Å². The van der Waals surface area contributed by atoms with Crippen molar-refractivity contribution in [3.8, 4) is 5.75 Å². The van der Waals surface area contributed by atoms with Crippen molar-refractivity contribution in [1.82, 2.24) is 32.1 Å². The number of hydrogen-bond acceptors (Lipinski definition) is 13. The third kappa shape index (κ3) is 19.6. The summed E-state index contributed by atoms with van der Waals surface area (Å²) in [6, 6.07) is 10.6. The minimum absolute atomic E-state index is 0.0759. The predicted molar refractivity (Wildman–Crippen MR) is 221 cm³/mol. The van der Waals surface area contributed by atoms with Crippen molar-refractivity contribution in [3.05, 3.63) is 65.7 Å². The number of ketones is 2. The van der Waals surface area contributed by atoms with E-state index in [4.69, 9.17) is 22.9 Å². The number of hydrogen-bond donors (Lipinski definition) is 11. The number of carbonyl (C=O) groups is 7. The number of hydrazine groups is 1. The Hall–Kier alpha value is -6.25. The molecule has 0 bridgehead atoms. The minimum atomic E-state index is -1.08. The fraction of sp³-hybridized carbons (Fsp3) is 0.462. The quantitative estimate of drug-likeness (QED) is 0.00997. The van der Waals surface area contributed by atoms with Crippen LogP contribution in [0.25, 0.3) is 0 Å². The lowest BCUT2D eigenvalue weighted by molar-refractivity contribution is -0.138. The van der Waals surface area contributed by atoms with E-state index in [1.807, 2.05) is 0 Å². The van der Waals surface area contributed by atoms with Crippen LogP contribution in [-0.4, -0.2) is 115 Å². The molecule has 15 N–H and O–H groups in total. The van der Waals surface area contributed by atoms with Crippen molar-refractivity contribution in [2.45, 2.75) is 82.6 Å². The van der Waals surface area contributed by atoms with Crippen molar-refractivity contribution in [1.29, 1.82) is 0 Å². The van der Waals surface area contributed by atoms with E-state index in [1.54, 1.807) is 49.4 Å². The number of nitrogens with one attached hydrogen (secondary N) is 6. The van der Waals surface area contributed by atoms with E-state index in [0.717, 1.165) is 11.1 Å². The van der Waals surface area contributed by atoms with Crippen LogP contribution in [0.5, 0.6) is 5.75 Å². The van der Waals surface area contributed by atoms with Crippen molar-refractivity contribution in [2.75, 3.05) is 26.2 Å². The molecular formula is C39H58N12O8. The molecule has 20 nitrogen and oxygen atoms in total. The van der Waals surface area contributed by atoms with Gasteiger partial charge in [-0.1, -0.05) is 49.4 Å². The van der Waals surface area contributed by atoms with Gasteiger partial charge >= 0.3 is 0 Å². The number of benzene rings is 2. The number of phenols is 1. The second-order valence-corrected chi connectivity index (χ2v) is 13.9. The van der Waals surface area contributed by atoms with Gasteiger partial charge in [-0.25, -0.2) is 10.9 Å². The summed E-state index contributed by atoms with van der Waals surface area (Å²) in [6.45, 7) is 2.82. The smallest absolute Gasteiger partial charge is 0.243 e. The van der Waals surface area contributed by atoms with Crippen molar-refractivity contribution >= 4 is 53.8 Å². The second kappa shape index (κ2) is 26.6. The Morgan fingerprint density at radius 2 is 1.29 bits per heavy atom. The number of Topliss-reactive ketones (excluding diaryl/α,β-unsaturated/α-hetero) is 2. The molecule has 0 heterocycles. The van der Waals surface area contributed by atoms with E-state index in [1.165, 1.54) is 19.1 Å². The SMILES string of the molecule is CC(CN[C@@H](Cc1ccccc1)C(=O)C(=O)CNC(=O)C(C)NN[C@H](C=O)Cc1ccc(O)cc1)C(=O)N[C@@H](CCCN=C(N)N)C(=O)N[C@H](C=O)CCCN=C(N)N. The Labute approximate surface area is 343 Å². The fourth-order valence-electron chi connectivity index (χ4n) is 5.50. The molecule has 0 aliphatic heterocycles. The van der Waals surface area contributed by atoms with Gasteiger partial charge in [-0.15, -0.1) is 0 Å². The maximum atomic E-state index is 13.5. The number of nitrogens with zero attached hydrogens (tertiary/aromatic N) is 2. The van der Waals surface area contributed by atoms with Gasteiger partial charge in [0.05, 0.1) is 30.7 Å². The molecular weight excluding hydrogens is 765 g/mol. The summed E-state index contributed by atoms with van der Waals surface area (Å²) < 4.78 is 0. The van der Waals surface area contributed by atoms with Crippen LogP contribution in [0.3, 0.4) is 0 Å². The van der Waals surface area contributed by atoms with Crippen LogP contribution in [0, 0.1) is 5.92 Å². The van der Waals surface area contributed by atoms with E-state index in [0.29, 0.717) is 25.4 Å². The summed E-state index contributed by atoms with van der Waals surface area (Å²) in [7, 11) is 0. The molecule has 0 aromatic heterocycles. The Kier molecular flexibility index (Phi) is 22.1. The first-order valence-corrected chi connectivity index (χ1v) is 19.2. The lowest BCUT2D eigenvalue weighted by Gasteiger charge is -2.24. The second-order valence-electron chi connectivity index (χ2n) is 13.9. The molecule has 20 heteroatoms. The van der Waals surface area contributed by atoms with Gasteiger partial charge in [0, 0.05) is 25.6 Å². The van der Waals surface area contributed by atoms with E-state index in [9.17, 15) is 38.7 Å². The molecule has 0 spiro atoms. The fourth-order valence-corrected chi connectivity index (χ4v) is 5.50. The summed E-state index contributed by atoms with van der Waals surface area (Å²) in [5.41, 5.74) is 28.5. The standard InChI is InChI=1S/C39H58N12O8/c1-24(35(57)49-31(11-7-17-45-39(42)43)37(59)48-28(22-52)10-6-16-44-38(40)41)20-46-32(19-26-8-4-3-5-9-26)34(56)33(55)21-47-36(58)25(2)50-51-29(23-53)18-27-12-14-30(54)15-13-27/h3-5,8-9,12-15,22-25,28-29,31-32,46,50-51,54H,6-7,10-11,16-21H2,1-2H3,(H,47,58)(H,48,59)(H,49,57)(H4,40,41,44)(H4,42,43,45)/t24?,25?,28-,29-,31-,32-/m0/s1. The zero-order chi connectivity index (χ0) is 43.7. The highest BCUT2D eigenvalue weighted by molar-refractivity contribution is 6.40. The zero-order valence-corrected chi connectivity index (χ0v) is 33.4. The third-order valence-corrected chi connectivity index (χ3v) is 8.89. The Bertz CT molecular complexity index is 1730. The maximum absolute atomic E-state index is 13.5. The van der Waals surface area contributed by atoms with E-state index in [2.05, 4.69) is 42.1 Å². The minimum Gasteiger partial charge on any atom is -0.508 e. The number of carbonyl (C=O) groups excluding carboxylic acids is 7. The molecule has 2 aromatic rings. The van der Waals surface area contributed by atoms with E-state index >= 15 is 0 Å². The summed E-state index contributed by atoms with van der Waals surface area (Å²) in [5.74, 6) is -4.44. The number of aromatic hydroxyl groups is 1. The lowest BCUT2D eigenvalue weighted by atomic mass is 9.98. The molecule has 59 heavy (non-hydrogen) atoms. The van der Waals surface area contributed by atoms with Crippen LogP contribution >= 0.6 is 0 Å². The summed E-state index contributed by atoms with van der Waals surface area (Å²) in [6.07, 6.45) is 2.71. The van der Waals surface area contributed by atoms with E-state index < -0.39 is 72.0 Å². The summed E-state index contributed by atoms with van der Waals surface area (Å²) in [5, 5.41) is 20.3. The highest BCUT2D eigenvalue weighted by atomic mass is 16.3. The average molecular weight is 823 g/mol. The molecule has 0 aliphatic rings. The first-order chi connectivity index (χ1) is 28.1. The first-order valence-electron chi connectivity index (χ1n) is 19.2. The molecule has 2 unspecified atom stereocenters. The maximum Gasteiger partial charge on any atom is 0.243 e. The molecule has 0 radical (unpaired) electrons. The summed E-state index contributed by atoms with van der Waals surface area (Å²) >= 11 is 0. The van der Waals surface area contributed by atoms with Crippen molar-refractivity contribution in [3.63, 3.8) is 0 Å². The van der Waals surface area contributed by atoms with Gasteiger partial charge < -0.3 is 58.9 Å². The van der Waals surface area contributed by atoms with Crippen molar-refractivity contribution in [2.24, 2.45) is 38.8 Å². The molecule has 3 amide bonds. The highest BCUT2D eigenvalue weighted by Crippen LogP contribution is 2.11. The molecule has 0 fully saturated rings. The normalized spacial score (nSPS) is 13.9. The molecule has 6 atom stereocenters.